The van der Waals surface area contributed by atoms with Gasteiger partial charge in [0, 0.05) is 58.2 Å². The molecule has 58 heavy (non-hydrogen) atoms. The molecule has 0 saturated carbocycles. The van der Waals surface area contributed by atoms with Gasteiger partial charge in [-0.3, -0.25) is 15.0 Å². The average molecular weight is 779 g/mol. The van der Waals surface area contributed by atoms with Gasteiger partial charge in [-0.2, -0.15) is 0 Å². The quantitative estimate of drug-likeness (QED) is 0.168. The Balaban J connectivity index is 0.000000177. The van der Waals surface area contributed by atoms with Crippen LogP contribution in [0.25, 0.3) is 44.8 Å². The van der Waals surface area contributed by atoms with Crippen molar-refractivity contribution in [2.75, 3.05) is 14.2 Å². The van der Waals surface area contributed by atoms with Crippen LogP contribution in [0.3, 0.4) is 0 Å². The highest BCUT2D eigenvalue weighted by molar-refractivity contribution is 6.03. The van der Waals surface area contributed by atoms with E-state index in [1.54, 1.807) is 24.3 Å². The summed E-state index contributed by atoms with van der Waals surface area (Å²) in [7, 11) is 2.74. The van der Waals surface area contributed by atoms with E-state index in [0.29, 0.717) is 47.7 Å². The maximum absolute atomic E-state index is 13.6. The number of halogens is 2. The SMILES string of the molecule is COC(=O)c1c(C(C)C)nc2c(c1-c1ccc(F)cc1)CN=Cc1ccccc1-2.COC(=O)c1c(C(C)C)nc2c(c1-c1ccc(F)cc1)CNCc1ccccc1-2. The molecule has 8 nitrogen and oxygen atoms in total. The molecule has 1 N–H and O–H groups in total. The Morgan fingerprint density at radius 2 is 1.10 bits per heavy atom. The molecule has 0 aliphatic carbocycles. The van der Waals surface area contributed by atoms with Crippen LogP contribution in [0.1, 0.15) is 93.9 Å². The Labute approximate surface area is 337 Å². The second kappa shape index (κ2) is 17.0. The number of fused-ring (bicyclic) bond motifs is 6. The van der Waals surface area contributed by atoms with Crippen LogP contribution in [0.5, 0.6) is 0 Å². The molecule has 10 heteroatoms. The standard InChI is InChI=1S/C24H23FN2O2.C24H21FN2O2/c2*1-14(2)22-21(24(28)29-3)20(15-8-10-17(25)11-9-15)19-13-26-12-16-6-4-5-7-18(16)23(19)27-22/h4-11,14,26H,12-13H2,1-3H3;4-12,14H,13H2,1-3H3. The minimum Gasteiger partial charge on any atom is -0.465 e. The molecule has 8 rings (SSSR count). The Morgan fingerprint density at radius 3 is 1.64 bits per heavy atom. The minimum absolute atomic E-state index is 0.00932. The van der Waals surface area contributed by atoms with E-state index >= 15 is 0 Å². The van der Waals surface area contributed by atoms with Crippen LogP contribution in [0.4, 0.5) is 8.78 Å². The highest BCUT2D eigenvalue weighted by atomic mass is 19.1. The number of esters is 2. The van der Waals surface area contributed by atoms with Crippen molar-refractivity contribution in [3.63, 3.8) is 0 Å². The third-order valence-corrected chi connectivity index (χ3v) is 10.4. The van der Waals surface area contributed by atoms with Crippen molar-refractivity contribution >= 4 is 18.2 Å². The lowest BCUT2D eigenvalue weighted by Gasteiger charge is -2.21. The van der Waals surface area contributed by atoms with Crippen molar-refractivity contribution in [1.82, 2.24) is 15.3 Å². The monoisotopic (exact) mass is 778 g/mol. The van der Waals surface area contributed by atoms with Crippen molar-refractivity contribution in [2.24, 2.45) is 4.99 Å². The van der Waals surface area contributed by atoms with Gasteiger partial charge in [-0.25, -0.2) is 18.4 Å². The van der Waals surface area contributed by atoms with E-state index in [1.165, 1.54) is 38.5 Å². The normalized spacial score (nSPS) is 12.6. The number of carbonyl (C=O) groups is 2. The summed E-state index contributed by atoms with van der Waals surface area (Å²) < 4.78 is 37.5. The predicted molar refractivity (Wildman–Crippen MR) is 223 cm³/mol. The first-order valence-electron chi connectivity index (χ1n) is 19.2. The van der Waals surface area contributed by atoms with Crippen LogP contribution in [0.2, 0.25) is 0 Å². The molecule has 2 aliphatic heterocycles. The van der Waals surface area contributed by atoms with Gasteiger partial charge in [0.15, 0.2) is 0 Å². The smallest absolute Gasteiger partial charge is 0.340 e. The number of rotatable bonds is 6. The van der Waals surface area contributed by atoms with Crippen molar-refractivity contribution in [3.8, 4) is 44.8 Å². The third-order valence-electron chi connectivity index (χ3n) is 10.4. The molecule has 294 valence electrons. The molecule has 0 spiro atoms. The van der Waals surface area contributed by atoms with E-state index in [9.17, 15) is 18.4 Å². The van der Waals surface area contributed by atoms with Gasteiger partial charge in [0.1, 0.15) is 11.6 Å². The maximum Gasteiger partial charge on any atom is 0.340 e. The van der Waals surface area contributed by atoms with Gasteiger partial charge in [-0.05, 0) is 52.8 Å². The Kier molecular flexibility index (Phi) is 11.7. The molecular weight excluding hydrogens is 735 g/mol. The second-order valence-corrected chi connectivity index (χ2v) is 14.8. The van der Waals surface area contributed by atoms with Gasteiger partial charge in [0.2, 0.25) is 0 Å². The summed E-state index contributed by atoms with van der Waals surface area (Å²) in [6.07, 6.45) is 1.83. The van der Waals surface area contributed by atoms with Crippen molar-refractivity contribution < 1.29 is 27.8 Å². The Morgan fingerprint density at radius 1 is 0.621 bits per heavy atom. The molecule has 0 atom stereocenters. The number of pyridine rings is 2. The number of hydrogen-bond acceptors (Lipinski definition) is 8. The fraction of sp³-hybridized carbons (Fsp3) is 0.229. The average Bonchev–Trinajstić information content (AvgIpc) is 3.54. The first kappa shape index (κ1) is 39.8. The summed E-state index contributed by atoms with van der Waals surface area (Å²) in [4.78, 5) is 40.2. The Bertz CT molecular complexity index is 2530. The molecule has 6 aromatic rings. The molecule has 2 aromatic heterocycles. The number of nitrogens with zero attached hydrogens (tertiary/aromatic N) is 3. The number of hydrogen-bond donors (Lipinski definition) is 1. The van der Waals surface area contributed by atoms with Gasteiger partial charge in [0.25, 0.3) is 0 Å². The summed E-state index contributed by atoms with van der Waals surface area (Å²) >= 11 is 0. The van der Waals surface area contributed by atoms with E-state index in [4.69, 9.17) is 19.4 Å². The fourth-order valence-corrected chi connectivity index (χ4v) is 7.67. The van der Waals surface area contributed by atoms with E-state index in [0.717, 1.165) is 61.5 Å². The van der Waals surface area contributed by atoms with Gasteiger partial charge in [-0.1, -0.05) is 100 Å². The molecule has 0 amide bonds. The zero-order valence-corrected chi connectivity index (χ0v) is 33.3. The van der Waals surface area contributed by atoms with Crippen LogP contribution >= 0.6 is 0 Å². The number of carbonyl (C=O) groups excluding carboxylic acids is 2. The largest absolute Gasteiger partial charge is 0.465 e. The maximum atomic E-state index is 13.6. The van der Waals surface area contributed by atoms with Crippen LogP contribution < -0.4 is 5.32 Å². The molecule has 0 radical (unpaired) electrons. The van der Waals surface area contributed by atoms with E-state index in [1.807, 2.05) is 70.3 Å². The van der Waals surface area contributed by atoms with Gasteiger partial charge >= 0.3 is 11.9 Å². The number of aliphatic imine (C=N–C) groups is 1. The lowest BCUT2D eigenvalue weighted by Crippen LogP contribution is -2.17. The molecule has 4 heterocycles. The second-order valence-electron chi connectivity index (χ2n) is 14.8. The number of benzene rings is 4. The number of nitrogens with one attached hydrogen (secondary N) is 1. The van der Waals surface area contributed by atoms with Gasteiger partial charge < -0.3 is 14.8 Å². The van der Waals surface area contributed by atoms with E-state index in [2.05, 4.69) is 22.4 Å². The first-order chi connectivity index (χ1) is 28.0. The van der Waals surface area contributed by atoms with Crippen LogP contribution in [0.15, 0.2) is 102 Å². The minimum atomic E-state index is -0.454. The summed E-state index contributed by atoms with van der Waals surface area (Å²) in [5.74, 6) is -1.53. The van der Waals surface area contributed by atoms with Crippen molar-refractivity contribution in [1.29, 1.82) is 0 Å². The first-order valence-corrected chi connectivity index (χ1v) is 19.2. The molecular formula is C48H44F2N4O4. The molecule has 4 aromatic carbocycles. The Hall–Kier alpha value is -6.39. The van der Waals surface area contributed by atoms with Gasteiger partial charge in [-0.15, -0.1) is 0 Å². The van der Waals surface area contributed by atoms with Crippen molar-refractivity contribution in [3.05, 3.63) is 153 Å². The molecule has 2 aliphatic rings. The summed E-state index contributed by atoms with van der Waals surface area (Å²) in [5, 5.41) is 3.45. The van der Waals surface area contributed by atoms with Gasteiger partial charge in [0.05, 0.1) is 54.7 Å². The van der Waals surface area contributed by atoms with E-state index < -0.39 is 11.9 Å². The van der Waals surface area contributed by atoms with Crippen molar-refractivity contribution in [2.45, 2.75) is 59.2 Å². The van der Waals surface area contributed by atoms with Crippen LogP contribution in [-0.2, 0) is 29.1 Å². The zero-order valence-electron chi connectivity index (χ0n) is 33.3. The molecule has 0 saturated heterocycles. The number of ether oxygens (including phenoxy) is 2. The molecule has 0 fully saturated rings. The zero-order chi connectivity index (χ0) is 41.1. The summed E-state index contributed by atoms with van der Waals surface area (Å²) in [6, 6.07) is 28.5. The molecule has 0 unspecified atom stereocenters. The highest BCUT2D eigenvalue weighted by Gasteiger charge is 2.31. The van der Waals surface area contributed by atoms with Crippen LogP contribution in [0, 0.1) is 11.6 Å². The number of aromatic nitrogens is 2. The third kappa shape index (κ3) is 7.67. The predicted octanol–water partition coefficient (Wildman–Crippen LogP) is 10.5. The highest BCUT2D eigenvalue weighted by Crippen LogP contribution is 2.42. The summed E-state index contributed by atoms with van der Waals surface area (Å²) in [6.45, 7) is 9.63. The fourth-order valence-electron chi connectivity index (χ4n) is 7.67. The lowest BCUT2D eigenvalue weighted by molar-refractivity contribution is 0.0590. The topological polar surface area (TPSA) is 103 Å². The lowest BCUT2D eigenvalue weighted by atomic mass is 9.87. The summed E-state index contributed by atoms with van der Waals surface area (Å²) in [5.41, 5.74) is 12.8. The van der Waals surface area contributed by atoms with E-state index in [-0.39, 0.29) is 23.5 Å². The van der Waals surface area contributed by atoms with Crippen LogP contribution in [-0.4, -0.2) is 42.3 Å². The number of methoxy groups -OCH3 is 2. The molecule has 0 bridgehead atoms.